The summed E-state index contributed by atoms with van der Waals surface area (Å²) in [5.41, 5.74) is 1.12. The maximum absolute atomic E-state index is 11.8. The van der Waals surface area contributed by atoms with E-state index >= 15 is 0 Å². The summed E-state index contributed by atoms with van der Waals surface area (Å²) >= 11 is 0. The van der Waals surface area contributed by atoms with Crippen molar-refractivity contribution >= 4 is 5.78 Å². The molecule has 0 aliphatic carbocycles. The van der Waals surface area contributed by atoms with Crippen LogP contribution in [0.4, 0.5) is 0 Å². The molecule has 0 radical (unpaired) electrons. The summed E-state index contributed by atoms with van der Waals surface area (Å²) in [6.45, 7) is 5.02. The SMILES string of the molecule is CC(=O)[C@H](c1ccccc1)[NH+]1CCOCC1. The molecule has 1 saturated heterocycles. The summed E-state index contributed by atoms with van der Waals surface area (Å²) in [7, 11) is 0. The van der Waals surface area contributed by atoms with Gasteiger partial charge in [0.05, 0.1) is 13.2 Å². The zero-order valence-electron chi connectivity index (χ0n) is 9.61. The van der Waals surface area contributed by atoms with Crippen LogP contribution in [0.2, 0.25) is 0 Å². The molecule has 1 aliphatic rings. The lowest BCUT2D eigenvalue weighted by Crippen LogP contribution is -3.15. The van der Waals surface area contributed by atoms with Crippen molar-refractivity contribution in [2.75, 3.05) is 26.3 Å². The van der Waals surface area contributed by atoms with Crippen LogP contribution in [0.5, 0.6) is 0 Å². The number of benzene rings is 1. The number of Topliss-reactive ketones (excluding diaryl/α,β-unsaturated/α-hetero) is 1. The molecule has 0 saturated carbocycles. The average Bonchev–Trinajstić information content (AvgIpc) is 2.31. The third-order valence-corrected chi connectivity index (χ3v) is 3.08. The van der Waals surface area contributed by atoms with Crippen molar-refractivity contribution in [1.82, 2.24) is 0 Å². The molecule has 0 aromatic heterocycles. The molecule has 1 N–H and O–H groups in total. The van der Waals surface area contributed by atoms with Gasteiger partial charge in [-0.15, -0.1) is 0 Å². The van der Waals surface area contributed by atoms with E-state index in [0.717, 1.165) is 31.9 Å². The van der Waals surface area contributed by atoms with Crippen molar-refractivity contribution in [3.8, 4) is 0 Å². The Balaban J connectivity index is 2.20. The highest BCUT2D eigenvalue weighted by Crippen LogP contribution is 2.10. The normalized spacial score (nSPS) is 19.3. The van der Waals surface area contributed by atoms with Crippen LogP contribution in [-0.4, -0.2) is 32.1 Å². The molecule has 3 heteroatoms. The molecule has 2 rings (SSSR count). The molecule has 0 unspecified atom stereocenters. The van der Waals surface area contributed by atoms with Crippen LogP contribution in [-0.2, 0) is 9.53 Å². The number of carbonyl (C=O) groups is 1. The summed E-state index contributed by atoms with van der Waals surface area (Å²) in [6.07, 6.45) is 0. The number of ketones is 1. The van der Waals surface area contributed by atoms with Gasteiger partial charge < -0.3 is 9.64 Å². The van der Waals surface area contributed by atoms with Gasteiger partial charge in [0.25, 0.3) is 0 Å². The minimum atomic E-state index is -0.0231. The van der Waals surface area contributed by atoms with Crippen molar-refractivity contribution in [3.63, 3.8) is 0 Å². The third kappa shape index (κ3) is 2.49. The van der Waals surface area contributed by atoms with E-state index in [9.17, 15) is 4.79 Å². The summed E-state index contributed by atoms with van der Waals surface area (Å²) in [6, 6.07) is 10.0. The van der Waals surface area contributed by atoms with Crippen LogP contribution in [0.25, 0.3) is 0 Å². The average molecular weight is 220 g/mol. The van der Waals surface area contributed by atoms with Crippen molar-refractivity contribution in [3.05, 3.63) is 35.9 Å². The molecule has 1 aromatic rings. The molecule has 86 valence electrons. The fraction of sp³-hybridized carbons (Fsp3) is 0.462. The first-order chi connectivity index (χ1) is 7.79. The molecule has 1 aliphatic heterocycles. The number of ether oxygens (including phenoxy) is 1. The Morgan fingerprint density at radius 2 is 1.88 bits per heavy atom. The fourth-order valence-electron chi connectivity index (χ4n) is 2.33. The molecule has 1 fully saturated rings. The number of hydrogen-bond acceptors (Lipinski definition) is 2. The Kier molecular flexibility index (Phi) is 3.70. The van der Waals surface area contributed by atoms with E-state index in [1.807, 2.05) is 30.3 Å². The van der Waals surface area contributed by atoms with E-state index < -0.39 is 0 Å². The summed E-state index contributed by atoms with van der Waals surface area (Å²) < 4.78 is 5.33. The van der Waals surface area contributed by atoms with Gasteiger partial charge in [0.2, 0.25) is 0 Å². The van der Waals surface area contributed by atoms with Gasteiger partial charge in [0, 0.05) is 12.5 Å². The summed E-state index contributed by atoms with van der Waals surface area (Å²) in [4.78, 5) is 13.1. The Labute approximate surface area is 96.0 Å². The van der Waals surface area contributed by atoms with Crippen LogP contribution < -0.4 is 4.90 Å². The van der Waals surface area contributed by atoms with Gasteiger partial charge in [-0.3, -0.25) is 4.79 Å². The monoisotopic (exact) mass is 220 g/mol. The van der Waals surface area contributed by atoms with Crippen molar-refractivity contribution in [2.45, 2.75) is 13.0 Å². The minimum absolute atomic E-state index is 0.0231. The molecular weight excluding hydrogens is 202 g/mol. The number of hydrogen-bond donors (Lipinski definition) is 1. The Morgan fingerprint density at radius 1 is 1.25 bits per heavy atom. The molecule has 0 bridgehead atoms. The number of quaternary nitrogens is 1. The van der Waals surface area contributed by atoms with Crippen LogP contribution >= 0.6 is 0 Å². The number of carbonyl (C=O) groups excluding carboxylic acids is 1. The van der Waals surface area contributed by atoms with Crippen molar-refractivity contribution in [1.29, 1.82) is 0 Å². The molecule has 1 atom stereocenters. The van der Waals surface area contributed by atoms with Gasteiger partial charge in [0.1, 0.15) is 13.1 Å². The molecule has 0 amide bonds. The smallest absolute Gasteiger partial charge is 0.191 e. The topological polar surface area (TPSA) is 30.7 Å². The zero-order chi connectivity index (χ0) is 11.4. The minimum Gasteiger partial charge on any atom is -0.370 e. The predicted molar refractivity (Wildman–Crippen MR) is 61.4 cm³/mol. The first-order valence-electron chi connectivity index (χ1n) is 5.77. The van der Waals surface area contributed by atoms with Crippen LogP contribution in [0.15, 0.2) is 30.3 Å². The van der Waals surface area contributed by atoms with E-state index in [1.54, 1.807) is 6.92 Å². The second-order valence-corrected chi connectivity index (χ2v) is 4.22. The predicted octanol–water partition coefficient (Wildman–Crippen LogP) is 0.232. The highest BCUT2D eigenvalue weighted by atomic mass is 16.5. The third-order valence-electron chi connectivity index (χ3n) is 3.08. The van der Waals surface area contributed by atoms with Gasteiger partial charge in [-0.05, 0) is 0 Å². The maximum Gasteiger partial charge on any atom is 0.191 e. The van der Waals surface area contributed by atoms with Crippen LogP contribution in [0, 0.1) is 0 Å². The fourth-order valence-corrected chi connectivity index (χ4v) is 2.33. The molecule has 0 spiro atoms. The Hall–Kier alpha value is -1.19. The van der Waals surface area contributed by atoms with Gasteiger partial charge in [0.15, 0.2) is 11.8 Å². The Morgan fingerprint density at radius 3 is 2.44 bits per heavy atom. The molecule has 1 aromatic carbocycles. The highest BCUT2D eigenvalue weighted by molar-refractivity contribution is 5.81. The first-order valence-corrected chi connectivity index (χ1v) is 5.77. The van der Waals surface area contributed by atoms with Crippen LogP contribution in [0.3, 0.4) is 0 Å². The lowest BCUT2D eigenvalue weighted by molar-refractivity contribution is -0.929. The van der Waals surface area contributed by atoms with E-state index in [-0.39, 0.29) is 11.8 Å². The molecule has 16 heavy (non-hydrogen) atoms. The number of rotatable bonds is 3. The highest BCUT2D eigenvalue weighted by Gasteiger charge is 2.29. The molecular formula is C13H18NO2+. The lowest BCUT2D eigenvalue weighted by Gasteiger charge is -2.30. The van der Waals surface area contributed by atoms with E-state index in [0.29, 0.717) is 0 Å². The zero-order valence-corrected chi connectivity index (χ0v) is 9.61. The lowest BCUT2D eigenvalue weighted by atomic mass is 10.0. The standard InChI is InChI=1S/C13H17NO2/c1-11(15)13(12-5-3-2-4-6-12)14-7-9-16-10-8-14/h2-6,13H,7-10H2,1H3/p+1/t13-/m1/s1. The van der Waals surface area contributed by atoms with Crippen molar-refractivity contribution in [2.24, 2.45) is 0 Å². The largest absolute Gasteiger partial charge is 0.370 e. The molecule has 1 heterocycles. The Bertz CT molecular complexity index is 344. The first kappa shape index (κ1) is 11.3. The van der Waals surface area contributed by atoms with Gasteiger partial charge in [-0.2, -0.15) is 0 Å². The van der Waals surface area contributed by atoms with Gasteiger partial charge in [-0.1, -0.05) is 30.3 Å². The maximum atomic E-state index is 11.8. The van der Waals surface area contributed by atoms with Gasteiger partial charge in [-0.25, -0.2) is 0 Å². The van der Waals surface area contributed by atoms with Crippen LogP contribution in [0.1, 0.15) is 18.5 Å². The summed E-state index contributed by atoms with van der Waals surface area (Å²) in [5, 5.41) is 0. The number of morpholine rings is 1. The number of nitrogens with one attached hydrogen (secondary N) is 1. The van der Waals surface area contributed by atoms with E-state index in [2.05, 4.69) is 0 Å². The summed E-state index contributed by atoms with van der Waals surface area (Å²) in [5.74, 6) is 0.239. The second kappa shape index (κ2) is 5.23. The molecule has 3 nitrogen and oxygen atoms in total. The van der Waals surface area contributed by atoms with Gasteiger partial charge >= 0.3 is 0 Å². The van der Waals surface area contributed by atoms with E-state index in [1.165, 1.54) is 4.90 Å². The quantitative estimate of drug-likeness (QED) is 0.790. The second-order valence-electron chi connectivity index (χ2n) is 4.22. The van der Waals surface area contributed by atoms with Crippen molar-refractivity contribution < 1.29 is 14.4 Å². The van der Waals surface area contributed by atoms with E-state index in [4.69, 9.17) is 4.74 Å².